The average molecular weight is 666 g/mol. The summed E-state index contributed by atoms with van der Waals surface area (Å²) in [6, 6.07) is 18.4. The fraction of sp³-hybridized carbons (Fsp3) is 0.160. The molecular formula is C25H21BrIN3O4S. The van der Waals surface area contributed by atoms with Crippen LogP contribution < -0.4 is 15.4 Å². The first-order valence-electron chi connectivity index (χ1n) is 10.7. The fourth-order valence-electron chi connectivity index (χ4n) is 3.42. The lowest BCUT2D eigenvalue weighted by Crippen LogP contribution is -2.30. The Morgan fingerprint density at radius 2 is 1.97 bits per heavy atom. The number of hydrogen-bond acceptors (Lipinski definition) is 6. The highest BCUT2D eigenvalue weighted by molar-refractivity contribution is 14.1. The second-order valence-corrected chi connectivity index (χ2v) is 10.9. The largest absolute Gasteiger partial charge is 0.487 e. The van der Waals surface area contributed by atoms with Crippen LogP contribution in [0.25, 0.3) is 6.08 Å². The van der Waals surface area contributed by atoms with Crippen molar-refractivity contribution in [2.75, 3.05) is 5.32 Å². The number of thioether (sulfide) groups is 1. The Labute approximate surface area is 229 Å². The Morgan fingerprint density at radius 3 is 2.66 bits per heavy atom. The van der Waals surface area contributed by atoms with Gasteiger partial charge in [-0.2, -0.15) is 0 Å². The first kappa shape index (κ1) is 25.5. The van der Waals surface area contributed by atoms with Gasteiger partial charge in [0, 0.05) is 17.8 Å². The zero-order valence-corrected chi connectivity index (χ0v) is 23.1. The van der Waals surface area contributed by atoms with Crippen LogP contribution in [-0.2, 0) is 17.8 Å². The van der Waals surface area contributed by atoms with E-state index >= 15 is 0 Å². The van der Waals surface area contributed by atoms with Gasteiger partial charge in [0.05, 0.1) is 17.9 Å². The average Bonchev–Trinajstić information content (AvgIpc) is 3.17. The topological polar surface area (TPSA) is 93.5 Å². The van der Waals surface area contributed by atoms with Gasteiger partial charge >= 0.3 is 0 Å². The van der Waals surface area contributed by atoms with Gasteiger partial charge in [-0.05, 0) is 92.0 Å². The number of nitro groups is 1. The van der Waals surface area contributed by atoms with E-state index in [4.69, 9.17) is 4.74 Å². The summed E-state index contributed by atoms with van der Waals surface area (Å²) in [6.07, 6.45) is 2.83. The molecule has 3 aromatic rings. The monoisotopic (exact) mass is 665 g/mol. The van der Waals surface area contributed by atoms with Crippen LogP contribution in [0, 0.1) is 13.7 Å². The zero-order valence-electron chi connectivity index (χ0n) is 18.6. The van der Waals surface area contributed by atoms with Gasteiger partial charge in [0.25, 0.3) is 11.6 Å². The molecule has 0 radical (unpaired) electrons. The summed E-state index contributed by atoms with van der Waals surface area (Å²) in [7, 11) is 0. The molecule has 7 nitrogen and oxygen atoms in total. The molecule has 0 aliphatic carbocycles. The molecule has 1 aliphatic heterocycles. The van der Waals surface area contributed by atoms with E-state index in [0.717, 1.165) is 25.7 Å². The van der Waals surface area contributed by atoms with Gasteiger partial charge < -0.3 is 15.4 Å². The predicted octanol–water partition coefficient (Wildman–Crippen LogP) is 6.70. The Hall–Kier alpha value is -2.57. The van der Waals surface area contributed by atoms with Crippen LogP contribution in [0.15, 0.2) is 70.0 Å². The quantitative estimate of drug-likeness (QED) is 0.120. The van der Waals surface area contributed by atoms with Gasteiger partial charge in [0.15, 0.2) is 5.50 Å². The summed E-state index contributed by atoms with van der Waals surface area (Å²) in [6.45, 7) is 2.31. The number of amides is 1. The number of halogens is 2. The molecule has 1 heterocycles. The van der Waals surface area contributed by atoms with Gasteiger partial charge in [-0.15, -0.1) is 0 Å². The number of carbonyl (C=O) groups excluding carboxylic acids is 1. The standard InChI is InChI=1S/C25H21BrIN3O4S/c1-2-15-6-8-18(9-7-15)28-25-29-24(31)22(35-25)13-17-11-20(26)23(21(27)12-17)34-14-16-4-3-5-19(10-16)30(32)33/h3-13,25,28H,2,14H2,1H3,(H,29,31)/b22-13-/t25-/m0/s1. The fourth-order valence-corrected chi connectivity index (χ4v) is 6.17. The van der Waals surface area contributed by atoms with Crippen molar-refractivity contribution in [3.63, 3.8) is 0 Å². The van der Waals surface area contributed by atoms with Crippen LogP contribution in [0.1, 0.15) is 23.6 Å². The SMILES string of the molecule is CCc1ccc(N[C@H]2NC(=O)/C(=C/c3cc(Br)c(OCc4cccc([N+](=O)[O-])c4)c(I)c3)S2)cc1. The summed E-state index contributed by atoms with van der Waals surface area (Å²) in [4.78, 5) is 23.7. The summed E-state index contributed by atoms with van der Waals surface area (Å²) in [5.74, 6) is 0.507. The molecule has 180 valence electrons. The molecule has 1 saturated heterocycles. The second-order valence-electron chi connectivity index (χ2n) is 7.70. The van der Waals surface area contributed by atoms with Gasteiger partial charge in [0.1, 0.15) is 12.4 Å². The smallest absolute Gasteiger partial charge is 0.269 e. The number of aryl methyl sites for hydroxylation is 1. The molecule has 10 heteroatoms. The van der Waals surface area contributed by atoms with E-state index in [2.05, 4.69) is 68.2 Å². The Balaban J connectivity index is 1.43. The minimum absolute atomic E-state index is 0.0277. The number of benzene rings is 3. The van der Waals surface area contributed by atoms with Crippen LogP contribution in [0.4, 0.5) is 11.4 Å². The molecule has 1 aliphatic rings. The van der Waals surface area contributed by atoms with Crippen molar-refractivity contribution in [1.82, 2.24) is 5.32 Å². The molecule has 1 amide bonds. The molecule has 35 heavy (non-hydrogen) atoms. The van der Waals surface area contributed by atoms with Crippen LogP contribution >= 0.6 is 50.3 Å². The molecule has 2 N–H and O–H groups in total. The van der Waals surface area contributed by atoms with Gasteiger partial charge in [-0.1, -0.05) is 43.0 Å². The van der Waals surface area contributed by atoms with Crippen LogP contribution in [0.5, 0.6) is 5.75 Å². The third-order valence-electron chi connectivity index (χ3n) is 5.21. The maximum atomic E-state index is 12.5. The summed E-state index contributed by atoms with van der Waals surface area (Å²) in [5, 5.41) is 17.3. The minimum atomic E-state index is -0.426. The van der Waals surface area contributed by atoms with Crippen molar-refractivity contribution in [2.24, 2.45) is 0 Å². The van der Waals surface area contributed by atoms with Crippen LogP contribution in [-0.4, -0.2) is 16.3 Å². The highest BCUT2D eigenvalue weighted by Gasteiger charge is 2.27. The van der Waals surface area contributed by atoms with Gasteiger partial charge in [-0.3, -0.25) is 14.9 Å². The molecule has 0 saturated carbocycles. The molecular weight excluding hydrogens is 645 g/mol. The number of anilines is 1. The van der Waals surface area contributed by atoms with E-state index in [0.29, 0.717) is 16.2 Å². The third kappa shape index (κ3) is 6.56. The van der Waals surface area contributed by atoms with E-state index in [-0.39, 0.29) is 23.7 Å². The number of nitrogens with one attached hydrogen (secondary N) is 2. The van der Waals surface area contributed by atoms with Gasteiger partial charge in [0.2, 0.25) is 0 Å². The highest BCUT2D eigenvalue weighted by Crippen LogP contribution is 2.36. The predicted molar refractivity (Wildman–Crippen MR) is 151 cm³/mol. The molecule has 0 aromatic heterocycles. The molecule has 4 rings (SSSR count). The van der Waals surface area contributed by atoms with Crippen LogP contribution in [0.3, 0.4) is 0 Å². The number of rotatable bonds is 8. The number of carbonyl (C=O) groups is 1. The van der Waals surface area contributed by atoms with Gasteiger partial charge in [-0.25, -0.2) is 0 Å². The van der Waals surface area contributed by atoms with Crippen LogP contribution in [0.2, 0.25) is 0 Å². The van der Waals surface area contributed by atoms with E-state index in [1.165, 1.54) is 29.5 Å². The first-order valence-corrected chi connectivity index (χ1v) is 13.5. The summed E-state index contributed by atoms with van der Waals surface area (Å²) >= 11 is 7.16. The van der Waals surface area contributed by atoms with E-state index in [9.17, 15) is 14.9 Å². The third-order valence-corrected chi connectivity index (χ3v) is 7.63. The van der Waals surface area contributed by atoms with E-state index < -0.39 is 4.92 Å². The number of hydrogen-bond donors (Lipinski definition) is 2. The highest BCUT2D eigenvalue weighted by atomic mass is 127. The normalized spacial score (nSPS) is 16.3. The maximum Gasteiger partial charge on any atom is 0.269 e. The first-order chi connectivity index (χ1) is 16.8. The molecule has 0 unspecified atom stereocenters. The number of non-ortho nitro benzene ring substituents is 1. The maximum absolute atomic E-state index is 12.5. The zero-order chi connectivity index (χ0) is 24.9. The van der Waals surface area contributed by atoms with Crippen molar-refractivity contribution in [1.29, 1.82) is 0 Å². The van der Waals surface area contributed by atoms with Crippen molar-refractivity contribution in [3.05, 3.63) is 100 Å². The lowest BCUT2D eigenvalue weighted by Gasteiger charge is -2.13. The Bertz CT molecular complexity index is 1280. The Morgan fingerprint density at radius 1 is 1.20 bits per heavy atom. The molecule has 0 spiro atoms. The Kier molecular flexibility index (Phi) is 8.34. The lowest BCUT2D eigenvalue weighted by molar-refractivity contribution is -0.384. The van der Waals surface area contributed by atoms with E-state index in [1.807, 2.05) is 30.3 Å². The molecule has 0 bridgehead atoms. The summed E-state index contributed by atoms with van der Waals surface area (Å²) in [5.41, 5.74) is 3.55. The number of nitro benzene ring substituents is 1. The lowest BCUT2D eigenvalue weighted by atomic mass is 10.1. The minimum Gasteiger partial charge on any atom is -0.487 e. The number of ether oxygens (including phenoxy) is 1. The summed E-state index contributed by atoms with van der Waals surface area (Å²) < 4.78 is 7.52. The molecule has 3 aromatic carbocycles. The van der Waals surface area contributed by atoms with Crippen molar-refractivity contribution in [2.45, 2.75) is 25.4 Å². The molecule has 1 atom stereocenters. The van der Waals surface area contributed by atoms with E-state index in [1.54, 1.807) is 12.1 Å². The number of nitrogens with zero attached hydrogens (tertiary/aromatic N) is 1. The molecule has 1 fully saturated rings. The van der Waals surface area contributed by atoms with Crippen molar-refractivity contribution in [3.8, 4) is 5.75 Å². The van der Waals surface area contributed by atoms with Crippen molar-refractivity contribution >= 4 is 73.6 Å². The second kappa shape index (κ2) is 11.4. The van der Waals surface area contributed by atoms with Crippen molar-refractivity contribution < 1.29 is 14.5 Å².